The smallest absolute Gasteiger partial charge is 0.222 e. The van der Waals surface area contributed by atoms with Crippen LogP contribution in [0.1, 0.15) is 58.3 Å². The van der Waals surface area contributed by atoms with Gasteiger partial charge in [-0.25, -0.2) is 0 Å². The minimum absolute atomic E-state index is 0.402. The molecule has 4 aliphatic rings. The van der Waals surface area contributed by atoms with Gasteiger partial charge in [-0.05, 0) is 68.1 Å². The Balaban J connectivity index is 1.67. The average molecular weight is 249 g/mol. The van der Waals surface area contributed by atoms with Crippen LogP contribution in [0, 0.1) is 23.2 Å². The lowest BCUT2D eigenvalue weighted by atomic mass is 9.49. The maximum atomic E-state index is 12.3. The summed E-state index contributed by atoms with van der Waals surface area (Å²) in [6, 6.07) is 0. The fraction of sp³-hybridized carbons (Fsp3) is 0.938. The van der Waals surface area contributed by atoms with Gasteiger partial charge in [-0.2, -0.15) is 0 Å². The van der Waals surface area contributed by atoms with Gasteiger partial charge in [0.25, 0.3) is 0 Å². The zero-order valence-electron chi connectivity index (χ0n) is 12.0. The first-order chi connectivity index (χ1) is 8.60. The highest BCUT2D eigenvalue weighted by molar-refractivity contribution is 5.76. The van der Waals surface area contributed by atoms with Crippen LogP contribution >= 0.6 is 0 Å². The number of amides is 1. The Morgan fingerprint density at radius 3 is 2.06 bits per heavy atom. The second-order valence-corrected chi connectivity index (χ2v) is 7.41. The van der Waals surface area contributed by atoms with Gasteiger partial charge in [-0.1, -0.05) is 6.92 Å². The Morgan fingerprint density at radius 2 is 1.61 bits per heavy atom. The summed E-state index contributed by atoms with van der Waals surface area (Å²) in [5, 5.41) is 0. The molecule has 4 rings (SSSR count). The summed E-state index contributed by atoms with van der Waals surface area (Å²) >= 11 is 0. The third-order valence-corrected chi connectivity index (χ3v) is 5.68. The molecular weight excluding hydrogens is 222 g/mol. The van der Waals surface area contributed by atoms with E-state index >= 15 is 0 Å². The first-order valence-electron chi connectivity index (χ1n) is 7.84. The minimum atomic E-state index is 0.402. The molecule has 4 fully saturated rings. The Labute approximate surface area is 111 Å². The molecule has 0 aliphatic heterocycles. The molecule has 0 unspecified atom stereocenters. The molecule has 4 saturated carbocycles. The van der Waals surface area contributed by atoms with Crippen LogP contribution in [0.25, 0.3) is 0 Å². The van der Waals surface area contributed by atoms with E-state index in [-0.39, 0.29) is 0 Å². The number of rotatable bonds is 4. The maximum absolute atomic E-state index is 12.3. The Bertz CT molecular complexity index is 301. The molecular formula is C16H27NO. The quantitative estimate of drug-likeness (QED) is 0.747. The second-order valence-electron chi connectivity index (χ2n) is 7.41. The summed E-state index contributed by atoms with van der Waals surface area (Å²) in [5.74, 6) is 3.28. The maximum Gasteiger partial charge on any atom is 0.222 e. The molecule has 4 aliphatic carbocycles. The van der Waals surface area contributed by atoms with Crippen LogP contribution < -0.4 is 0 Å². The Hall–Kier alpha value is -0.530. The van der Waals surface area contributed by atoms with Crippen LogP contribution in [0.3, 0.4) is 0 Å². The summed E-state index contributed by atoms with van der Waals surface area (Å²) < 4.78 is 0. The second kappa shape index (κ2) is 4.54. The lowest BCUT2D eigenvalue weighted by Gasteiger charge is -2.56. The van der Waals surface area contributed by atoms with Crippen molar-refractivity contribution in [2.45, 2.75) is 58.3 Å². The van der Waals surface area contributed by atoms with Crippen LogP contribution in [0.2, 0.25) is 0 Å². The van der Waals surface area contributed by atoms with Gasteiger partial charge in [0.1, 0.15) is 0 Å². The van der Waals surface area contributed by atoms with E-state index in [1.54, 1.807) is 0 Å². The van der Waals surface area contributed by atoms with E-state index in [0.717, 1.165) is 37.1 Å². The summed E-state index contributed by atoms with van der Waals surface area (Å²) in [6.07, 6.45) is 10.4. The Kier molecular flexibility index (Phi) is 3.15. The minimum Gasteiger partial charge on any atom is -0.346 e. The Morgan fingerprint density at radius 1 is 1.11 bits per heavy atom. The molecule has 0 saturated heterocycles. The fourth-order valence-electron chi connectivity index (χ4n) is 5.42. The summed E-state index contributed by atoms with van der Waals surface area (Å²) in [4.78, 5) is 14.3. The molecule has 18 heavy (non-hydrogen) atoms. The highest BCUT2D eigenvalue weighted by Gasteiger charge is 2.51. The van der Waals surface area contributed by atoms with Crippen molar-refractivity contribution in [3.05, 3.63) is 0 Å². The number of carbonyl (C=O) groups is 1. The van der Waals surface area contributed by atoms with Gasteiger partial charge in [0.05, 0.1) is 0 Å². The van der Waals surface area contributed by atoms with Crippen LogP contribution in [-0.2, 0) is 4.79 Å². The van der Waals surface area contributed by atoms with Gasteiger partial charge >= 0.3 is 0 Å². The largest absolute Gasteiger partial charge is 0.346 e. The molecule has 0 aromatic heterocycles. The van der Waals surface area contributed by atoms with Crippen LogP contribution in [0.15, 0.2) is 0 Å². The van der Waals surface area contributed by atoms with Crippen LogP contribution in [-0.4, -0.2) is 24.4 Å². The van der Waals surface area contributed by atoms with E-state index in [1.165, 1.54) is 38.5 Å². The van der Waals surface area contributed by atoms with Crippen LogP contribution in [0.4, 0.5) is 0 Å². The molecule has 1 amide bonds. The lowest BCUT2D eigenvalue weighted by Crippen LogP contribution is -2.48. The van der Waals surface area contributed by atoms with Crippen molar-refractivity contribution < 1.29 is 4.79 Å². The number of hydrogen-bond acceptors (Lipinski definition) is 1. The number of hydrogen-bond donors (Lipinski definition) is 0. The van der Waals surface area contributed by atoms with Crippen molar-refractivity contribution >= 4 is 5.91 Å². The first-order valence-corrected chi connectivity index (χ1v) is 7.84. The first kappa shape index (κ1) is 12.5. The van der Waals surface area contributed by atoms with Crippen molar-refractivity contribution in [2.24, 2.45) is 23.2 Å². The molecule has 0 aromatic carbocycles. The third-order valence-electron chi connectivity index (χ3n) is 5.68. The van der Waals surface area contributed by atoms with Crippen molar-refractivity contribution in [2.75, 3.05) is 13.6 Å². The van der Waals surface area contributed by atoms with Gasteiger partial charge in [-0.3, -0.25) is 4.79 Å². The van der Waals surface area contributed by atoms with Crippen molar-refractivity contribution in [1.82, 2.24) is 4.90 Å². The molecule has 102 valence electrons. The molecule has 0 N–H and O–H groups in total. The number of carbonyl (C=O) groups excluding carboxylic acids is 1. The summed E-state index contributed by atoms with van der Waals surface area (Å²) in [5.41, 5.74) is 0.411. The predicted octanol–water partition coefficient (Wildman–Crippen LogP) is 3.46. The zero-order valence-corrected chi connectivity index (χ0v) is 12.0. The fourth-order valence-corrected chi connectivity index (χ4v) is 5.42. The molecule has 4 bridgehead atoms. The molecule has 0 heterocycles. The van der Waals surface area contributed by atoms with E-state index < -0.39 is 0 Å². The van der Waals surface area contributed by atoms with Crippen molar-refractivity contribution in [3.8, 4) is 0 Å². The average Bonchev–Trinajstić information content (AvgIpc) is 2.26. The predicted molar refractivity (Wildman–Crippen MR) is 73.2 cm³/mol. The molecule has 0 spiro atoms. The van der Waals surface area contributed by atoms with Crippen molar-refractivity contribution in [1.29, 1.82) is 0 Å². The monoisotopic (exact) mass is 249 g/mol. The SMILES string of the molecule is CCCN(C)C(=O)CC12CC3CC(CC(C3)C1)C2. The van der Waals surface area contributed by atoms with Gasteiger partial charge in [0.2, 0.25) is 5.91 Å². The highest BCUT2D eigenvalue weighted by atomic mass is 16.2. The van der Waals surface area contributed by atoms with Gasteiger partial charge in [0, 0.05) is 20.0 Å². The topological polar surface area (TPSA) is 20.3 Å². The van der Waals surface area contributed by atoms with E-state index in [4.69, 9.17) is 0 Å². The van der Waals surface area contributed by atoms with Gasteiger partial charge in [0.15, 0.2) is 0 Å². The zero-order chi connectivity index (χ0) is 12.8. The molecule has 0 aromatic rings. The molecule has 2 heteroatoms. The van der Waals surface area contributed by atoms with E-state index in [1.807, 2.05) is 11.9 Å². The van der Waals surface area contributed by atoms with Gasteiger partial charge in [-0.15, -0.1) is 0 Å². The number of nitrogens with zero attached hydrogens (tertiary/aromatic N) is 1. The van der Waals surface area contributed by atoms with Gasteiger partial charge < -0.3 is 4.90 Å². The third kappa shape index (κ3) is 2.19. The van der Waals surface area contributed by atoms with E-state index in [9.17, 15) is 4.79 Å². The van der Waals surface area contributed by atoms with Crippen molar-refractivity contribution in [3.63, 3.8) is 0 Å². The molecule has 0 radical (unpaired) electrons. The van der Waals surface area contributed by atoms with E-state index in [2.05, 4.69) is 6.92 Å². The van der Waals surface area contributed by atoms with E-state index in [0.29, 0.717) is 11.3 Å². The van der Waals surface area contributed by atoms with Crippen LogP contribution in [0.5, 0.6) is 0 Å². The molecule has 0 atom stereocenters. The normalized spacial score (nSPS) is 41.1. The standard InChI is InChI=1S/C16H27NO/c1-3-4-17(2)15(18)11-16-8-12-5-13(9-16)7-14(6-12)10-16/h12-14H,3-11H2,1-2H3. The molecule has 2 nitrogen and oxygen atoms in total. The lowest BCUT2D eigenvalue weighted by molar-refractivity contribution is -0.138. The summed E-state index contributed by atoms with van der Waals surface area (Å²) in [6.45, 7) is 3.07. The summed E-state index contributed by atoms with van der Waals surface area (Å²) in [7, 11) is 1.98. The highest BCUT2D eigenvalue weighted by Crippen LogP contribution is 2.61.